The molecule has 4 nitrogen and oxygen atoms in total. The van der Waals surface area contributed by atoms with Gasteiger partial charge in [-0.05, 0) is 42.7 Å². The Morgan fingerprint density at radius 3 is 2.29 bits per heavy atom. The number of fused-ring (bicyclic) bond motifs is 1. The van der Waals surface area contributed by atoms with Crippen molar-refractivity contribution in [2.24, 2.45) is 5.92 Å². The lowest BCUT2D eigenvalue weighted by molar-refractivity contribution is -0.170. The van der Waals surface area contributed by atoms with Gasteiger partial charge in [-0.3, -0.25) is 0 Å². The zero-order valence-corrected chi connectivity index (χ0v) is 17.1. The largest absolute Gasteiger partial charge is 0.677 e. The van der Waals surface area contributed by atoms with Crippen LogP contribution >= 0.6 is 11.6 Å². The average molecular weight is 466 g/mol. The van der Waals surface area contributed by atoms with Crippen LogP contribution in [0.3, 0.4) is 0 Å². The summed E-state index contributed by atoms with van der Waals surface area (Å²) >= 11 is 5.97. The molecule has 2 heterocycles. The maximum Gasteiger partial charge on any atom is 0.389 e. The number of aromatic amines is 1. The molecular weight excluding hydrogens is 446 g/mol. The van der Waals surface area contributed by atoms with Crippen molar-refractivity contribution in [2.75, 3.05) is 11.9 Å². The summed E-state index contributed by atoms with van der Waals surface area (Å²) in [5.74, 6) is -0.872. The van der Waals surface area contributed by atoms with Crippen molar-refractivity contribution in [1.82, 2.24) is 9.97 Å². The highest BCUT2D eigenvalue weighted by atomic mass is 35.5. The number of H-pyrrole nitrogens is 1. The number of nitrogens with zero attached hydrogens (tertiary/aromatic N) is 1. The number of halogens is 7. The Morgan fingerprint density at radius 2 is 1.74 bits per heavy atom. The van der Waals surface area contributed by atoms with Crippen LogP contribution in [-0.2, 0) is 0 Å². The smallest absolute Gasteiger partial charge is 0.389 e. The van der Waals surface area contributed by atoms with E-state index in [2.05, 4.69) is 22.2 Å². The summed E-state index contributed by atoms with van der Waals surface area (Å²) in [5, 5.41) is 5.15. The summed E-state index contributed by atoms with van der Waals surface area (Å²) in [6.45, 7) is 1.21. The van der Waals surface area contributed by atoms with Gasteiger partial charge in [0.1, 0.15) is 0 Å². The molecule has 0 bridgehead atoms. The maximum atomic E-state index is 11.6. The third-order valence-electron chi connectivity index (χ3n) is 4.23. The number of aryl methyl sites for hydroxylation is 1. The van der Waals surface area contributed by atoms with E-state index in [4.69, 9.17) is 17.3 Å². The minimum absolute atomic E-state index is 0.704. The topological polar surface area (TPSA) is 64.5 Å². The van der Waals surface area contributed by atoms with Crippen LogP contribution in [0.1, 0.15) is 18.4 Å². The summed E-state index contributed by atoms with van der Waals surface area (Å²) in [5.41, 5.74) is 9.66. The molecular formula is C20H20ClF6N4-. The minimum Gasteiger partial charge on any atom is -0.677 e. The molecule has 0 atom stereocenters. The number of hydrogen-bond donors (Lipinski definition) is 2. The standard InChI is InChI=1S/C14H12ClN3.C6H8F6N/c1-9-8-17-13-12(9)5-6-16-14(13)18-11-4-2-3-10(15)7-11;7-5(8,9)1-4(3-13)2-6(10,11)12/h2-8,17H,1H3,(H,16,18);4,13H,1-3H2/q;-1. The van der Waals surface area contributed by atoms with E-state index < -0.39 is 37.7 Å². The fourth-order valence-electron chi connectivity index (χ4n) is 2.86. The molecule has 0 spiro atoms. The normalized spacial score (nSPS) is 12.1. The Labute approximate surface area is 179 Å². The first kappa shape index (κ1) is 24.8. The van der Waals surface area contributed by atoms with Crippen LogP contribution in [0, 0.1) is 12.8 Å². The molecule has 0 amide bonds. The van der Waals surface area contributed by atoms with Gasteiger partial charge < -0.3 is 16.0 Å². The third kappa shape index (κ3) is 8.29. The lowest BCUT2D eigenvalue weighted by Crippen LogP contribution is -2.22. The first-order valence-corrected chi connectivity index (χ1v) is 9.49. The van der Waals surface area contributed by atoms with Crippen molar-refractivity contribution in [2.45, 2.75) is 32.1 Å². The second-order valence-electron chi connectivity index (χ2n) is 6.90. The Hall–Kier alpha value is -2.46. The van der Waals surface area contributed by atoms with E-state index in [-0.39, 0.29) is 0 Å². The van der Waals surface area contributed by atoms with Gasteiger partial charge in [-0.15, -0.1) is 6.54 Å². The second-order valence-corrected chi connectivity index (χ2v) is 7.33. The van der Waals surface area contributed by atoms with Gasteiger partial charge in [-0.25, -0.2) is 4.98 Å². The predicted octanol–water partition coefficient (Wildman–Crippen LogP) is 7.83. The van der Waals surface area contributed by atoms with E-state index in [1.807, 2.05) is 36.5 Å². The monoisotopic (exact) mass is 465 g/mol. The Balaban J connectivity index is 0.000000235. The highest BCUT2D eigenvalue weighted by molar-refractivity contribution is 6.30. The van der Waals surface area contributed by atoms with E-state index in [1.165, 1.54) is 10.9 Å². The SMILES string of the molecule is Cc1c[nH]c2c(Nc3cccc(Cl)c3)nccc12.[NH-]CC(CC(F)(F)F)CC(F)(F)F. The lowest BCUT2D eigenvalue weighted by Gasteiger charge is -2.21. The number of alkyl halides is 6. The van der Waals surface area contributed by atoms with Crippen molar-refractivity contribution in [3.8, 4) is 0 Å². The maximum absolute atomic E-state index is 11.6. The van der Waals surface area contributed by atoms with Gasteiger partial charge in [0.2, 0.25) is 0 Å². The van der Waals surface area contributed by atoms with Crippen LogP contribution in [0.5, 0.6) is 0 Å². The van der Waals surface area contributed by atoms with Crippen LogP contribution in [-0.4, -0.2) is 28.9 Å². The van der Waals surface area contributed by atoms with Gasteiger partial charge in [0.15, 0.2) is 5.82 Å². The van der Waals surface area contributed by atoms with Crippen LogP contribution in [0.2, 0.25) is 5.02 Å². The van der Waals surface area contributed by atoms with E-state index in [1.54, 1.807) is 6.20 Å². The number of hydrogen-bond acceptors (Lipinski definition) is 2. The second kappa shape index (κ2) is 10.2. The molecule has 11 heteroatoms. The molecule has 1 aromatic carbocycles. The van der Waals surface area contributed by atoms with Crippen LogP contribution in [0.4, 0.5) is 37.8 Å². The van der Waals surface area contributed by atoms with Crippen LogP contribution < -0.4 is 5.32 Å². The summed E-state index contributed by atoms with van der Waals surface area (Å²) in [4.78, 5) is 7.59. The zero-order valence-electron chi connectivity index (χ0n) is 16.3. The summed E-state index contributed by atoms with van der Waals surface area (Å²) in [6, 6.07) is 9.59. The first-order chi connectivity index (χ1) is 14.4. The molecule has 0 unspecified atom stereocenters. The molecule has 3 aromatic rings. The van der Waals surface area contributed by atoms with Crippen molar-refractivity contribution in [3.05, 3.63) is 59.0 Å². The fourth-order valence-corrected chi connectivity index (χ4v) is 3.05. The Bertz CT molecular complexity index is 968. The molecule has 0 radical (unpaired) electrons. The van der Waals surface area contributed by atoms with Gasteiger partial charge in [0.05, 0.1) is 5.52 Å². The molecule has 0 aliphatic rings. The molecule has 3 rings (SSSR count). The number of pyridine rings is 1. The summed E-state index contributed by atoms with van der Waals surface area (Å²) in [6.07, 6.45) is -8.56. The Kier molecular flexibility index (Phi) is 8.19. The fraction of sp³-hybridized carbons (Fsp3) is 0.350. The number of aromatic nitrogens is 2. The first-order valence-electron chi connectivity index (χ1n) is 9.11. The summed E-state index contributed by atoms with van der Waals surface area (Å²) < 4.78 is 69.7. The molecule has 0 saturated carbocycles. The van der Waals surface area contributed by atoms with E-state index in [9.17, 15) is 26.3 Å². The predicted molar refractivity (Wildman–Crippen MR) is 110 cm³/mol. The van der Waals surface area contributed by atoms with Crippen molar-refractivity contribution >= 4 is 34.0 Å². The van der Waals surface area contributed by atoms with E-state index in [0.29, 0.717) is 5.02 Å². The van der Waals surface area contributed by atoms with E-state index >= 15 is 0 Å². The van der Waals surface area contributed by atoms with Crippen molar-refractivity contribution in [1.29, 1.82) is 0 Å². The highest BCUT2D eigenvalue weighted by Gasteiger charge is 2.36. The van der Waals surface area contributed by atoms with Crippen molar-refractivity contribution in [3.63, 3.8) is 0 Å². The van der Waals surface area contributed by atoms with Gasteiger partial charge in [-0.1, -0.05) is 17.7 Å². The quantitative estimate of drug-likeness (QED) is 0.377. The molecule has 0 aliphatic carbocycles. The van der Waals surface area contributed by atoms with Gasteiger partial charge >= 0.3 is 12.4 Å². The van der Waals surface area contributed by atoms with Gasteiger partial charge in [0, 0.05) is 41.3 Å². The minimum atomic E-state index is -4.63. The molecule has 3 N–H and O–H groups in total. The average Bonchev–Trinajstić information content (AvgIpc) is 3.02. The number of anilines is 2. The number of benzene rings is 1. The molecule has 170 valence electrons. The Morgan fingerprint density at radius 1 is 1.10 bits per heavy atom. The highest BCUT2D eigenvalue weighted by Crippen LogP contribution is 2.32. The third-order valence-corrected chi connectivity index (χ3v) is 4.46. The molecule has 31 heavy (non-hydrogen) atoms. The van der Waals surface area contributed by atoms with Crippen LogP contribution in [0.15, 0.2) is 42.7 Å². The number of nitrogens with one attached hydrogen (secondary N) is 3. The van der Waals surface area contributed by atoms with Gasteiger partial charge in [0.25, 0.3) is 0 Å². The molecule has 0 saturated heterocycles. The molecule has 2 aromatic heterocycles. The molecule has 0 aliphatic heterocycles. The van der Waals surface area contributed by atoms with Crippen molar-refractivity contribution < 1.29 is 26.3 Å². The van der Waals surface area contributed by atoms with Crippen LogP contribution in [0.25, 0.3) is 16.6 Å². The van der Waals surface area contributed by atoms with Gasteiger partial charge in [-0.2, -0.15) is 26.3 Å². The molecule has 0 fully saturated rings. The summed E-state index contributed by atoms with van der Waals surface area (Å²) in [7, 11) is 0. The number of rotatable bonds is 5. The zero-order chi connectivity index (χ0) is 23.2. The lowest BCUT2D eigenvalue weighted by atomic mass is 10.0. The van der Waals surface area contributed by atoms with E-state index in [0.717, 1.165) is 17.0 Å².